The van der Waals surface area contributed by atoms with E-state index in [-0.39, 0.29) is 5.91 Å². The number of aromatic nitrogens is 3. The Bertz CT molecular complexity index is 587. The summed E-state index contributed by atoms with van der Waals surface area (Å²) >= 11 is 3.44. The van der Waals surface area contributed by atoms with Gasteiger partial charge >= 0.3 is 0 Å². The van der Waals surface area contributed by atoms with Crippen molar-refractivity contribution in [2.45, 2.75) is 19.3 Å². The van der Waals surface area contributed by atoms with Gasteiger partial charge in [0.25, 0.3) is 0 Å². The topological polar surface area (TPSA) is 79.9 Å². The number of methoxy groups -OCH3 is 1. The molecular formula is C14H17BrN4O2. The summed E-state index contributed by atoms with van der Waals surface area (Å²) in [7, 11) is 1.63. The Hall–Kier alpha value is -1.89. The van der Waals surface area contributed by atoms with Gasteiger partial charge in [0.05, 0.1) is 11.6 Å². The summed E-state index contributed by atoms with van der Waals surface area (Å²) < 4.78 is 6.07. The molecule has 2 N–H and O–H groups in total. The summed E-state index contributed by atoms with van der Waals surface area (Å²) in [6.07, 6.45) is 3.25. The van der Waals surface area contributed by atoms with Gasteiger partial charge in [-0.2, -0.15) is 5.10 Å². The number of halogens is 1. The second kappa shape index (κ2) is 7.78. The molecule has 0 saturated heterocycles. The van der Waals surface area contributed by atoms with E-state index < -0.39 is 0 Å². The van der Waals surface area contributed by atoms with Crippen molar-refractivity contribution in [3.63, 3.8) is 0 Å². The maximum absolute atomic E-state index is 11.8. The van der Waals surface area contributed by atoms with Crippen LogP contribution in [-0.2, 0) is 17.6 Å². The van der Waals surface area contributed by atoms with E-state index in [1.165, 1.54) is 6.33 Å². The Morgan fingerprint density at radius 3 is 2.95 bits per heavy atom. The monoisotopic (exact) mass is 352 g/mol. The molecule has 2 aromatic rings. The highest BCUT2D eigenvalue weighted by Crippen LogP contribution is 2.25. The van der Waals surface area contributed by atoms with Crippen molar-refractivity contribution in [1.82, 2.24) is 20.5 Å². The average Bonchev–Trinajstić information content (AvgIpc) is 2.98. The molecule has 0 aliphatic rings. The van der Waals surface area contributed by atoms with Crippen LogP contribution in [0, 0.1) is 0 Å². The molecule has 21 heavy (non-hydrogen) atoms. The number of rotatable bonds is 7. The highest BCUT2D eigenvalue weighted by Gasteiger charge is 2.05. The molecule has 0 aliphatic carbocycles. The number of nitrogens with zero attached hydrogens (tertiary/aromatic N) is 2. The van der Waals surface area contributed by atoms with Crippen LogP contribution in [0.1, 0.15) is 17.8 Å². The van der Waals surface area contributed by atoms with Crippen LogP contribution in [0.3, 0.4) is 0 Å². The Labute approximate surface area is 131 Å². The predicted octanol–water partition coefficient (Wildman–Crippen LogP) is 1.87. The lowest BCUT2D eigenvalue weighted by molar-refractivity contribution is -0.121. The summed E-state index contributed by atoms with van der Waals surface area (Å²) in [4.78, 5) is 15.8. The Balaban J connectivity index is 1.72. The van der Waals surface area contributed by atoms with Crippen molar-refractivity contribution >= 4 is 21.8 Å². The molecule has 0 saturated carbocycles. The van der Waals surface area contributed by atoms with Crippen molar-refractivity contribution in [2.24, 2.45) is 0 Å². The third-order valence-corrected chi connectivity index (χ3v) is 3.63. The molecule has 0 spiro atoms. The lowest BCUT2D eigenvalue weighted by atomic mass is 10.1. The van der Waals surface area contributed by atoms with Crippen molar-refractivity contribution in [3.05, 3.63) is 40.4 Å². The van der Waals surface area contributed by atoms with Gasteiger partial charge in [0.1, 0.15) is 17.9 Å². The van der Waals surface area contributed by atoms with Gasteiger partial charge in [0, 0.05) is 19.4 Å². The number of aryl methyl sites for hydroxylation is 1. The number of hydrogen-bond donors (Lipinski definition) is 2. The minimum Gasteiger partial charge on any atom is -0.496 e. The molecule has 1 aromatic carbocycles. The highest BCUT2D eigenvalue weighted by atomic mass is 79.9. The van der Waals surface area contributed by atoms with Crippen molar-refractivity contribution in [2.75, 3.05) is 13.7 Å². The molecule has 0 aliphatic heterocycles. The lowest BCUT2D eigenvalue weighted by Gasteiger charge is -2.07. The molecule has 2 rings (SSSR count). The first-order valence-electron chi connectivity index (χ1n) is 6.62. The summed E-state index contributed by atoms with van der Waals surface area (Å²) in [6, 6.07) is 5.83. The third kappa shape index (κ3) is 4.86. The third-order valence-electron chi connectivity index (χ3n) is 3.01. The van der Waals surface area contributed by atoms with Crippen molar-refractivity contribution < 1.29 is 9.53 Å². The van der Waals surface area contributed by atoms with Crippen LogP contribution < -0.4 is 10.1 Å². The first-order valence-corrected chi connectivity index (χ1v) is 7.41. The largest absolute Gasteiger partial charge is 0.496 e. The molecule has 0 bridgehead atoms. The molecule has 1 heterocycles. The molecular weight excluding hydrogens is 336 g/mol. The molecule has 112 valence electrons. The van der Waals surface area contributed by atoms with Crippen LogP contribution in [-0.4, -0.2) is 34.7 Å². The number of benzene rings is 1. The van der Waals surface area contributed by atoms with Crippen LogP contribution in [0.5, 0.6) is 5.75 Å². The quantitative estimate of drug-likeness (QED) is 0.796. The smallest absolute Gasteiger partial charge is 0.220 e. The summed E-state index contributed by atoms with van der Waals surface area (Å²) in [6.45, 7) is 0.556. The molecule has 0 unspecified atom stereocenters. The predicted molar refractivity (Wildman–Crippen MR) is 82.1 cm³/mol. The zero-order valence-electron chi connectivity index (χ0n) is 11.7. The molecule has 1 aromatic heterocycles. The van der Waals surface area contributed by atoms with Gasteiger partial charge in [0.15, 0.2) is 0 Å². The minimum atomic E-state index is 0.0291. The van der Waals surface area contributed by atoms with Gasteiger partial charge in [0.2, 0.25) is 5.91 Å². The van der Waals surface area contributed by atoms with Gasteiger partial charge in [-0.15, -0.1) is 0 Å². The molecule has 0 atom stereocenters. The second-order valence-electron chi connectivity index (χ2n) is 4.50. The van der Waals surface area contributed by atoms with Crippen LogP contribution in [0.2, 0.25) is 0 Å². The first-order chi connectivity index (χ1) is 10.2. The molecule has 0 fully saturated rings. The number of amides is 1. The summed E-state index contributed by atoms with van der Waals surface area (Å²) in [5.74, 6) is 1.59. The molecule has 7 heteroatoms. The standard InChI is InChI=1S/C14H17BrN4O2/c1-21-12-4-2-10(8-11(12)15)3-5-14(20)16-7-6-13-17-9-18-19-13/h2,4,8-9H,3,5-7H2,1H3,(H,16,20)(H,17,18,19). The Morgan fingerprint density at radius 1 is 1.43 bits per heavy atom. The van der Waals surface area contributed by atoms with Crippen LogP contribution in [0.25, 0.3) is 0 Å². The molecule has 0 radical (unpaired) electrons. The van der Waals surface area contributed by atoms with Crippen molar-refractivity contribution in [3.8, 4) is 5.75 Å². The normalized spacial score (nSPS) is 10.4. The van der Waals surface area contributed by atoms with Gasteiger partial charge in [-0.1, -0.05) is 6.07 Å². The van der Waals surface area contributed by atoms with E-state index in [9.17, 15) is 4.79 Å². The number of aromatic amines is 1. The Kier molecular flexibility index (Phi) is 5.74. The fraction of sp³-hybridized carbons (Fsp3) is 0.357. The number of H-pyrrole nitrogens is 1. The molecule has 6 nitrogen and oxygen atoms in total. The second-order valence-corrected chi connectivity index (χ2v) is 5.36. The summed E-state index contributed by atoms with van der Waals surface area (Å²) in [5.41, 5.74) is 1.09. The van der Waals surface area contributed by atoms with Gasteiger partial charge in [-0.25, -0.2) is 4.98 Å². The Morgan fingerprint density at radius 2 is 2.29 bits per heavy atom. The molecule has 1 amide bonds. The fourth-order valence-corrected chi connectivity index (χ4v) is 2.47. The van der Waals surface area contributed by atoms with E-state index in [1.807, 2.05) is 18.2 Å². The number of hydrogen-bond acceptors (Lipinski definition) is 4. The fourth-order valence-electron chi connectivity index (χ4n) is 1.88. The van der Waals surface area contributed by atoms with Gasteiger partial charge < -0.3 is 10.1 Å². The van der Waals surface area contributed by atoms with Gasteiger partial charge in [-0.3, -0.25) is 9.89 Å². The zero-order valence-corrected chi connectivity index (χ0v) is 13.3. The van der Waals surface area contributed by atoms with E-state index in [1.54, 1.807) is 7.11 Å². The maximum Gasteiger partial charge on any atom is 0.220 e. The first kappa shape index (κ1) is 15.5. The van der Waals surface area contributed by atoms with Crippen LogP contribution in [0.4, 0.5) is 0 Å². The van der Waals surface area contributed by atoms with E-state index in [0.717, 1.165) is 21.6 Å². The van der Waals surface area contributed by atoms with E-state index in [0.29, 0.717) is 25.8 Å². The number of carbonyl (C=O) groups is 1. The van der Waals surface area contributed by atoms with E-state index >= 15 is 0 Å². The number of ether oxygens (including phenoxy) is 1. The summed E-state index contributed by atoms with van der Waals surface area (Å²) in [5, 5.41) is 9.38. The number of nitrogens with one attached hydrogen (secondary N) is 2. The lowest BCUT2D eigenvalue weighted by Crippen LogP contribution is -2.26. The number of carbonyl (C=O) groups excluding carboxylic acids is 1. The van der Waals surface area contributed by atoms with E-state index in [2.05, 4.69) is 36.4 Å². The van der Waals surface area contributed by atoms with Crippen molar-refractivity contribution in [1.29, 1.82) is 0 Å². The maximum atomic E-state index is 11.8. The minimum absolute atomic E-state index is 0.0291. The van der Waals surface area contributed by atoms with E-state index in [4.69, 9.17) is 4.74 Å². The highest BCUT2D eigenvalue weighted by molar-refractivity contribution is 9.10. The van der Waals surface area contributed by atoms with Crippen LogP contribution in [0.15, 0.2) is 29.0 Å². The van der Waals surface area contributed by atoms with Crippen LogP contribution >= 0.6 is 15.9 Å². The van der Waals surface area contributed by atoms with Gasteiger partial charge in [-0.05, 0) is 40.0 Å². The SMILES string of the molecule is COc1ccc(CCC(=O)NCCc2ncn[nH]2)cc1Br. The average molecular weight is 353 g/mol. The zero-order chi connectivity index (χ0) is 15.1.